The Labute approximate surface area is 111 Å². The molecule has 1 aromatic rings. The Balaban J connectivity index is 1.87. The van der Waals surface area contributed by atoms with E-state index in [0.717, 1.165) is 18.7 Å². The van der Waals surface area contributed by atoms with Gasteiger partial charge in [-0.2, -0.15) is 0 Å². The smallest absolute Gasteiger partial charge is 0.308 e. The molecule has 2 saturated heterocycles. The summed E-state index contributed by atoms with van der Waals surface area (Å²) in [5.41, 5.74) is 0. The monoisotopic (exact) mass is 263 g/mol. The van der Waals surface area contributed by atoms with E-state index in [-0.39, 0.29) is 18.0 Å². The first kappa shape index (κ1) is 12.2. The van der Waals surface area contributed by atoms with E-state index in [1.54, 1.807) is 6.07 Å². The average molecular weight is 263 g/mol. The third kappa shape index (κ3) is 2.01. The number of aliphatic carboxylic acids is 1. The summed E-state index contributed by atoms with van der Waals surface area (Å²) in [6.07, 6.45) is 4.17. The van der Waals surface area contributed by atoms with Gasteiger partial charge in [0, 0.05) is 18.2 Å². The Morgan fingerprint density at radius 1 is 1.53 bits per heavy atom. The first-order valence-corrected chi connectivity index (χ1v) is 6.66. The minimum atomic E-state index is -0.698. The maximum Gasteiger partial charge on any atom is 0.308 e. The van der Waals surface area contributed by atoms with Gasteiger partial charge in [0.2, 0.25) is 5.88 Å². The predicted octanol–water partition coefficient (Wildman–Crippen LogP) is 1.32. The molecule has 0 aliphatic carbocycles. The van der Waals surface area contributed by atoms with Crippen molar-refractivity contribution in [2.24, 2.45) is 5.92 Å². The van der Waals surface area contributed by atoms with Crippen LogP contribution in [0.25, 0.3) is 0 Å². The Morgan fingerprint density at radius 3 is 3.05 bits per heavy atom. The van der Waals surface area contributed by atoms with Crippen LogP contribution in [0.2, 0.25) is 0 Å². The molecule has 3 atom stereocenters. The van der Waals surface area contributed by atoms with Crippen molar-refractivity contribution >= 4 is 11.8 Å². The zero-order valence-electron chi connectivity index (χ0n) is 10.8. The van der Waals surface area contributed by atoms with Crippen LogP contribution in [0.15, 0.2) is 12.4 Å². The average Bonchev–Trinajstić information content (AvgIpc) is 2.97. The molecule has 19 heavy (non-hydrogen) atoms. The number of ether oxygens (including phenoxy) is 1. The van der Waals surface area contributed by atoms with E-state index in [1.165, 1.54) is 6.33 Å². The van der Waals surface area contributed by atoms with E-state index in [4.69, 9.17) is 4.74 Å². The molecule has 0 aromatic carbocycles. The van der Waals surface area contributed by atoms with Crippen LogP contribution in [0.4, 0.5) is 5.82 Å². The molecular formula is C13H17N3O3. The number of carboxylic acids is 1. The molecule has 3 rings (SSSR count). The highest BCUT2D eigenvalue weighted by Gasteiger charge is 2.49. The summed E-state index contributed by atoms with van der Waals surface area (Å²) in [5, 5.41) is 9.25. The van der Waals surface area contributed by atoms with Crippen molar-refractivity contribution < 1.29 is 14.6 Å². The van der Waals surface area contributed by atoms with E-state index in [1.807, 2.05) is 6.92 Å². The summed E-state index contributed by atoms with van der Waals surface area (Å²) in [7, 11) is 0. The number of carbonyl (C=O) groups is 1. The van der Waals surface area contributed by atoms with Crippen LogP contribution in [0.3, 0.4) is 0 Å². The number of hydrogen-bond donors (Lipinski definition) is 1. The number of rotatable bonds is 4. The van der Waals surface area contributed by atoms with Gasteiger partial charge in [0.05, 0.1) is 12.5 Å². The van der Waals surface area contributed by atoms with Gasteiger partial charge in [-0.1, -0.05) is 0 Å². The van der Waals surface area contributed by atoms with Gasteiger partial charge in [-0.15, -0.1) is 0 Å². The zero-order chi connectivity index (χ0) is 13.4. The molecule has 6 heteroatoms. The third-order valence-electron chi connectivity index (χ3n) is 4.04. The Morgan fingerprint density at radius 2 is 2.37 bits per heavy atom. The summed E-state index contributed by atoms with van der Waals surface area (Å²) in [6, 6.07) is 2.15. The van der Waals surface area contributed by atoms with Crippen molar-refractivity contribution in [3.05, 3.63) is 12.4 Å². The standard InChI is InChI=1S/C13H17N3O3/c1-2-19-12-6-11(14-7-15-12)16-8-3-4-10(16)9(5-8)13(17)18/h6-10H,2-5H2,1H3,(H,17,18). The molecule has 0 radical (unpaired) electrons. The number of nitrogens with zero attached hydrogens (tertiary/aromatic N) is 3. The second-order valence-corrected chi connectivity index (χ2v) is 5.03. The van der Waals surface area contributed by atoms with Gasteiger partial charge in [-0.3, -0.25) is 4.79 Å². The van der Waals surface area contributed by atoms with Gasteiger partial charge < -0.3 is 14.7 Å². The van der Waals surface area contributed by atoms with E-state index < -0.39 is 5.97 Å². The number of carboxylic acid groups (broad SMARTS) is 1. The molecule has 0 spiro atoms. The van der Waals surface area contributed by atoms with Crippen LogP contribution in [0, 0.1) is 5.92 Å². The summed E-state index contributed by atoms with van der Waals surface area (Å²) in [4.78, 5) is 21.7. The van der Waals surface area contributed by atoms with Crippen molar-refractivity contribution in [2.45, 2.75) is 38.3 Å². The lowest BCUT2D eigenvalue weighted by molar-refractivity contribution is -0.142. The summed E-state index contributed by atoms with van der Waals surface area (Å²) < 4.78 is 5.38. The molecule has 0 saturated carbocycles. The van der Waals surface area contributed by atoms with Crippen LogP contribution in [-0.2, 0) is 4.79 Å². The third-order valence-corrected chi connectivity index (χ3v) is 4.04. The minimum absolute atomic E-state index is 0.0619. The number of hydrogen-bond acceptors (Lipinski definition) is 5. The second-order valence-electron chi connectivity index (χ2n) is 5.03. The fourth-order valence-electron chi connectivity index (χ4n) is 3.31. The van der Waals surface area contributed by atoms with Crippen LogP contribution in [-0.4, -0.2) is 39.7 Å². The fraction of sp³-hybridized carbons (Fsp3) is 0.615. The summed E-state index contributed by atoms with van der Waals surface area (Å²) in [5.74, 6) is 0.362. The van der Waals surface area contributed by atoms with Crippen LogP contribution in [0.1, 0.15) is 26.2 Å². The first-order chi connectivity index (χ1) is 9.20. The van der Waals surface area contributed by atoms with E-state index >= 15 is 0 Å². The molecular weight excluding hydrogens is 246 g/mol. The second kappa shape index (κ2) is 4.68. The summed E-state index contributed by atoms with van der Waals surface area (Å²) >= 11 is 0. The zero-order valence-corrected chi connectivity index (χ0v) is 10.8. The Hall–Kier alpha value is -1.85. The number of aromatic nitrogens is 2. The van der Waals surface area contributed by atoms with E-state index in [2.05, 4.69) is 14.9 Å². The molecule has 2 fully saturated rings. The van der Waals surface area contributed by atoms with E-state index in [0.29, 0.717) is 18.9 Å². The highest BCUT2D eigenvalue weighted by molar-refractivity contribution is 5.73. The van der Waals surface area contributed by atoms with Gasteiger partial charge in [0.15, 0.2) is 0 Å². The van der Waals surface area contributed by atoms with Crippen LogP contribution < -0.4 is 9.64 Å². The largest absolute Gasteiger partial charge is 0.481 e. The molecule has 1 aromatic heterocycles. The molecule has 3 heterocycles. The highest BCUT2D eigenvalue weighted by Crippen LogP contribution is 2.44. The van der Waals surface area contributed by atoms with Gasteiger partial charge >= 0.3 is 5.97 Å². The maximum absolute atomic E-state index is 11.3. The lowest BCUT2D eigenvalue weighted by atomic mass is 9.89. The van der Waals surface area contributed by atoms with Crippen molar-refractivity contribution in [2.75, 3.05) is 11.5 Å². The maximum atomic E-state index is 11.3. The van der Waals surface area contributed by atoms with Crippen molar-refractivity contribution in [3.8, 4) is 5.88 Å². The van der Waals surface area contributed by atoms with Gasteiger partial charge in [-0.25, -0.2) is 9.97 Å². The van der Waals surface area contributed by atoms with Crippen LogP contribution >= 0.6 is 0 Å². The lowest BCUT2D eigenvalue weighted by Crippen LogP contribution is -2.33. The Kier molecular flexibility index (Phi) is 3.00. The normalized spacial score (nSPS) is 28.7. The molecule has 3 unspecified atom stereocenters. The van der Waals surface area contributed by atoms with Crippen LogP contribution in [0.5, 0.6) is 5.88 Å². The lowest BCUT2D eigenvalue weighted by Gasteiger charge is -2.24. The molecule has 1 N–H and O–H groups in total. The molecule has 0 amide bonds. The fourth-order valence-corrected chi connectivity index (χ4v) is 3.31. The molecule has 2 bridgehead atoms. The predicted molar refractivity (Wildman–Crippen MR) is 68.2 cm³/mol. The minimum Gasteiger partial charge on any atom is -0.481 e. The van der Waals surface area contributed by atoms with E-state index in [9.17, 15) is 9.90 Å². The quantitative estimate of drug-likeness (QED) is 0.883. The molecule has 2 aliphatic rings. The number of anilines is 1. The van der Waals surface area contributed by atoms with Gasteiger partial charge in [-0.05, 0) is 26.2 Å². The van der Waals surface area contributed by atoms with Crippen molar-refractivity contribution in [1.29, 1.82) is 0 Å². The number of fused-ring (bicyclic) bond motifs is 2. The summed E-state index contributed by atoms with van der Waals surface area (Å²) in [6.45, 7) is 2.46. The first-order valence-electron chi connectivity index (χ1n) is 6.66. The molecule has 102 valence electrons. The molecule has 2 aliphatic heterocycles. The molecule has 6 nitrogen and oxygen atoms in total. The topological polar surface area (TPSA) is 75.5 Å². The van der Waals surface area contributed by atoms with Gasteiger partial charge in [0.1, 0.15) is 12.1 Å². The van der Waals surface area contributed by atoms with Gasteiger partial charge in [0.25, 0.3) is 0 Å². The SMILES string of the molecule is CCOc1cc(N2C3CCC2C(C(=O)O)C3)ncn1. The Bertz CT molecular complexity index is 494. The highest BCUT2D eigenvalue weighted by atomic mass is 16.5. The van der Waals surface area contributed by atoms with Crippen molar-refractivity contribution in [3.63, 3.8) is 0 Å². The van der Waals surface area contributed by atoms with Crippen molar-refractivity contribution in [1.82, 2.24) is 9.97 Å².